The second kappa shape index (κ2) is 6.72. The average molecular weight is 180 g/mol. The standard InChI is InChI=1S/C6H13N.H2O3S/c7-6-4-2-1-3-5-6;1-4(2)3/h6H,1-5,7H2;(H2,1,2,3)/p-1. The lowest BCUT2D eigenvalue weighted by atomic mass is 9.97. The van der Waals surface area contributed by atoms with Crippen molar-refractivity contribution in [1.29, 1.82) is 0 Å². The summed E-state index contributed by atoms with van der Waals surface area (Å²) in [6.07, 6.45) is 6.66. The largest absolute Gasteiger partial charge is 0.750 e. The molecule has 1 aliphatic rings. The van der Waals surface area contributed by atoms with Gasteiger partial charge in [-0.2, -0.15) is 0 Å². The van der Waals surface area contributed by atoms with Crippen LogP contribution in [0.4, 0.5) is 0 Å². The highest BCUT2D eigenvalue weighted by Gasteiger charge is 2.06. The second-order valence-electron chi connectivity index (χ2n) is 2.62. The topological polar surface area (TPSA) is 86.4 Å². The third kappa shape index (κ3) is 10.0. The normalized spacial score (nSPS) is 21.7. The summed E-state index contributed by atoms with van der Waals surface area (Å²) in [7, 11) is 0. The lowest BCUT2D eigenvalue weighted by Crippen LogP contribution is -2.22. The van der Waals surface area contributed by atoms with Gasteiger partial charge in [0.2, 0.25) is 0 Å². The fourth-order valence-electron chi connectivity index (χ4n) is 1.13. The summed E-state index contributed by atoms with van der Waals surface area (Å²) < 4.78 is 24.1. The van der Waals surface area contributed by atoms with Gasteiger partial charge in [0, 0.05) is 6.04 Å². The van der Waals surface area contributed by atoms with Gasteiger partial charge < -0.3 is 14.8 Å². The van der Waals surface area contributed by atoms with Crippen molar-refractivity contribution in [3.8, 4) is 0 Å². The number of hydrogen-bond donors (Lipinski definition) is 2. The first-order valence-electron chi connectivity index (χ1n) is 3.67. The third-order valence-electron chi connectivity index (χ3n) is 1.65. The molecule has 1 fully saturated rings. The molecule has 11 heavy (non-hydrogen) atoms. The SMILES string of the molecule is NC1CCCCC1.O=S([O-])O. The van der Waals surface area contributed by atoms with Crippen molar-refractivity contribution in [3.63, 3.8) is 0 Å². The number of nitrogens with two attached hydrogens (primary N) is 1. The maximum Gasteiger partial charge on any atom is 0.0814 e. The Hall–Kier alpha value is 0.0300. The summed E-state index contributed by atoms with van der Waals surface area (Å²) in [6.45, 7) is 0. The van der Waals surface area contributed by atoms with Crippen LogP contribution in [0.15, 0.2) is 0 Å². The van der Waals surface area contributed by atoms with Crippen molar-refractivity contribution in [1.82, 2.24) is 0 Å². The van der Waals surface area contributed by atoms with E-state index in [-0.39, 0.29) is 0 Å². The fourth-order valence-corrected chi connectivity index (χ4v) is 1.13. The van der Waals surface area contributed by atoms with Crippen molar-refractivity contribution in [3.05, 3.63) is 0 Å². The number of hydrogen-bond acceptors (Lipinski definition) is 3. The van der Waals surface area contributed by atoms with E-state index in [1.54, 1.807) is 0 Å². The van der Waals surface area contributed by atoms with Crippen LogP contribution >= 0.6 is 0 Å². The van der Waals surface area contributed by atoms with Gasteiger partial charge in [-0.05, 0) is 12.8 Å². The summed E-state index contributed by atoms with van der Waals surface area (Å²) in [5, 5.41) is 0. The van der Waals surface area contributed by atoms with E-state index < -0.39 is 11.4 Å². The van der Waals surface area contributed by atoms with Gasteiger partial charge in [0.1, 0.15) is 0 Å². The smallest absolute Gasteiger partial charge is 0.0814 e. The van der Waals surface area contributed by atoms with Gasteiger partial charge >= 0.3 is 0 Å². The van der Waals surface area contributed by atoms with Gasteiger partial charge in [-0.1, -0.05) is 19.3 Å². The fraction of sp³-hybridized carbons (Fsp3) is 1.00. The van der Waals surface area contributed by atoms with E-state index in [1.807, 2.05) is 0 Å². The van der Waals surface area contributed by atoms with Gasteiger partial charge in [0.15, 0.2) is 0 Å². The molecule has 0 aromatic heterocycles. The molecule has 0 amide bonds. The van der Waals surface area contributed by atoms with Gasteiger partial charge in [-0.3, -0.25) is 0 Å². The maximum atomic E-state index is 8.56. The highest BCUT2D eigenvalue weighted by molar-refractivity contribution is 7.73. The van der Waals surface area contributed by atoms with Crippen LogP contribution in [0.1, 0.15) is 32.1 Å². The summed E-state index contributed by atoms with van der Waals surface area (Å²) in [6, 6.07) is 0.536. The first-order chi connectivity index (χ1) is 5.13. The molecular weight excluding hydrogens is 166 g/mol. The lowest BCUT2D eigenvalue weighted by Gasteiger charge is -2.15. The zero-order valence-corrected chi connectivity index (χ0v) is 7.18. The number of rotatable bonds is 0. The Morgan fingerprint density at radius 2 is 1.73 bits per heavy atom. The van der Waals surface area contributed by atoms with Crippen LogP contribution in [0.2, 0.25) is 0 Å². The van der Waals surface area contributed by atoms with Gasteiger partial charge in [-0.15, -0.1) is 0 Å². The van der Waals surface area contributed by atoms with Gasteiger partial charge in [-0.25, -0.2) is 4.21 Å². The van der Waals surface area contributed by atoms with E-state index in [0.717, 1.165) is 0 Å². The Morgan fingerprint density at radius 1 is 1.36 bits per heavy atom. The van der Waals surface area contributed by atoms with Crippen LogP contribution in [-0.2, 0) is 11.4 Å². The molecule has 1 atom stereocenters. The molecule has 4 nitrogen and oxygen atoms in total. The molecule has 0 bridgehead atoms. The minimum absolute atomic E-state index is 0.536. The van der Waals surface area contributed by atoms with Crippen LogP contribution < -0.4 is 5.73 Å². The molecule has 1 unspecified atom stereocenters. The van der Waals surface area contributed by atoms with E-state index in [0.29, 0.717) is 6.04 Å². The van der Waals surface area contributed by atoms with E-state index in [1.165, 1.54) is 32.1 Å². The molecule has 0 radical (unpaired) electrons. The van der Waals surface area contributed by atoms with Crippen LogP contribution in [0, 0.1) is 0 Å². The zero-order chi connectivity index (χ0) is 8.69. The Morgan fingerprint density at radius 3 is 1.91 bits per heavy atom. The van der Waals surface area contributed by atoms with Crippen LogP contribution in [0.5, 0.6) is 0 Å². The lowest BCUT2D eigenvalue weighted by molar-refractivity contribution is 0.436. The Labute approximate surface area is 69.3 Å². The first-order valence-corrected chi connectivity index (χ1v) is 4.70. The predicted molar refractivity (Wildman–Crippen MR) is 42.6 cm³/mol. The molecule has 3 N–H and O–H groups in total. The molecule has 0 aromatic rings. The molecule has 1 aliphatic carbocycles. The quantitative estimate of drug-likeness (QED) is 0.535. The molecule has 5 heteroatoms. The van der Waals surface area contributed by atoms with Crippen molar-refractivity contribution in [2.24, 2.45) is 5.73 Å². The van der Waals surface area contributed by atoms with Crippen LogP contribution in [0.3, 0.4) is 0 Å². The Kier molecular flexibility index (Phi) is 6.74. The molecule has 0 saturated heterocycles. The average Bonchev–Trinajstić information content (AvgIpc) is 1.87. The molecule has 1 rings (SSSR count). The Bertz CT molecular complexity index is 110. The van der Waals surface area contributed by atoms with Crippen LogP contribution in [0.25, 0.3) is 0 Å². The minimum Gasteiger partial charge on any atom is -0.750 e. The van der Waals surface area contributed by atoms with Crippen molar-refractivity contribution in [2.75, 3.05) is 0 Å². The molecule has 68 valence electrons. The van der Waals surface area contributed by atoms with Gasteiger partial charge in [0.05, 0.1) is 11.4 Å². The molecule has 1 saturated carbocycles. The first kappa shape index (κ1) is 11.0. The summed E-state index contributed by atoms with van der Waals surface area (Å²) >= 11 is -2.86. The Balaban J connectivity index is 0.000000218. The predicted octanol–water partition coefficient (Wildman–Crippen LogP) is 0.616. The van der Waals surface area contributed by atoms with Crippen LogP contribution in [-0.4, -0.2) is 19.4 Å². The minimum atomic E-state index is -2.86. The van der Waals surface area contributed by atoms with E-state index >= 15 is 0 Å². The maximum absolute atomic E-state index is 8.56. The summed E-state index contributed by atoms with van der Waals surface area (Å²) in [5.74, 6) is 0. The van der Waals surface area contributed by atoms with Crippen molar-refractivity contribution >= 4 is 11.4 Å². The van der Waals surface area contributed by atoms with E-state index in [4.69, 9.17) is 19.0 Å². The van der Waals surface area contributed by atoms with E-state index in [2.05, 4.69) is 0 Å². The third-order valence-corrected chi connectivity index (χ3v) is 1.65. The van der Waals surface area contributed by atoms with Crippen molar-refractivity contribution in [2.45, 2.75) is 38.1 Å². The molecule has 0 aliphatic heterocycles. The van der Waals surface area contributed by atoms with Gasteiger partial charge in [0.25, 0.3) is 0 Å². The monoisotopic (exact) mass is 180 g/mol. The molecule has 0 spiro atoms. The zero-order valence-electron chi connectivity index (χ0n) is 6.36. The molecular formula is C6H14NO3S-. The van der Waals surface area contributed by atoms with E-state index in [9.17, 15) is 0 Å². The summed E-state index contributed by atoms with van der Waals surface area (Å²) in [4.78, 5) is 0. The molecule has 0 aromatic carbocycles. The summed E-state index contributed by atoms with van der Waals surface area (Å²) in [5.41, 5.74) is 5.63. The highest BCUT2D eigenvalue weighted by atomic mass is 32.2. The molecule has 0 heterocycles. The second-order valence-corrected chi connectivity index (χ2v) is 3.05. The highest BCUT2D eigenvalue weighted by Crippen LogP contribution is 2.14. The van der Waals surface area contributed by atoms with Crippen molar-refractivity contribution < 1.29 is 13.3 Å².